The van der Waals surface area contributed by atoms with Gasteiger partial charge in [0.15, 0.2) is 0 Å². The van der Waals surface area contributed by atoms with Crippen LogP contribution < -0.4 is 5.56 Å². The summed E-state index contributed by atoms with van der Waals surface area (Å²) in [6.07, 6.45) is 3.66. The van der Waals surface area contributed by atoms with Crippen molar-refractivity contribution in [2.75, 3.05) is 52.9 Å². The minimum Gasteiger partial charge on any atom is -0.388 e. The van der Waals surface area contributed by atoms with Crippen LogP contribution >= 0.6 is 0 Å². The third-order valence-corrected chi connectivity index (χ3v) is 9.85. The standard InChI is InChI=1S/C38H45N5O4/c1-40-20-22-41(23-21-40)17-14-32(44)24-30-12-13-33-35(26-30)39-28-43(36(33)45)27-38(47)15-18-42(19-16-38)37(46)34(31-10-6-3-7-11-31)25-29-8-4-2-5-9-29/h2-13,26,28,34,47H,14-25,27H2,1H3. The maximum Gasteiger partial charge on any atom is 0.261 e. The Labute approximate surface area is 276 Å². The molecule has 0 spiro atoms. The van der Waals surface area contributed by atoms with Crippen LogP contribution in [0.1, 0.15) is 41.9 Å². The van der Waals surface area contributed by atoms with Crippen LogP contribution in [0.2, 0.25) is 0 Å². The van der Waals surface area contributed by atoms with Crippen LogP contribution in [0, 0.1) is 0 Å². The molecule has 2 fully saturated rings. The monoisotopic (exact) mass is 635 g/mol. The summed E-state index contributed by atoms with van der Waals surface area (Å²) in [5.74, 6) is -0.0756. The summed E-state index contributed by atoms with van der Waals surface area (Å²) in [7, 11) is 2.12. The Morgan fingerprint density at radius 1 is 0.872 bits per heavy atom. The van der Waals surface area contributed by atoms with Crippen molar-refractivity contribution in [2.24, 2.45) is 0 Å². The number of ketones is 1. The van der Waals surface area contributed by atoms with Crippen molar-refractivity contribution in [3.8, 4) is 0 Å². The summed E-state index contributed by atoms with van der Waals surface area (Å²) in [5.41, 5.74) is 2.13. The molecule has 1 amide bonds. The summed E-state index contributed by atoms with van der Waals surface area (Å²) in [6, 6.07) is 25.3. The molecular formula is C38H45N5O4. The minimum atomic E-state index is -1.13. The number of fused-ring (bicyclic) bond motifs is 1. The van der Waals surface area contributed by atoms with Crippen LogP contribution in [0.4, 0.5) is 0 Å². The number of amides is 1. The number of carbonyl (C=O) groups excluding carboxylic acids is 2. The van der Waals surface area contributed by atoms with E-state index >= 15 is 0 Å². The fraction of sp³-hybridized carbons (Fsp3) is 0.421. The zero-order valence-corrected chi connectivity index (χ0v) is 27.3. The van der Waals surface area contributed by atoms with E-state index in [1.165, 1.54) is 10.9 Å². The first-order chi connectivity index (χ1) is 22.8. The highest BCUT2D eigenvalue weighted by Gasteiger charge is 2.37. The molecule has 1 atom stereocenters. The number of piperazine rings is 1. The molecule has 0 saturated carbocycles. The van der Waals surface area contributed by atoms with Crippen LogP contribution in [-0.4, -0.2) is 99.5 Å². The van der Waals surface area contributed by atoms with Gasteiger partial charge in [-0.05, 0) is 55.1 Å². The van der Waals surface area contributed by atoms with Gasteiger partial charge in [-0.15, -0.1) is 0 Å². The lowest BCUT2D eigenvalue weighted by atomic mass is 9.87. The molecule has 0 aliphatic carbocycles. The molecular weight excluding hydrogens is 590 g/mol. The summed E-state index contributed by atoms with van der Waals surface area (Å²) in [4.78, 5) is 51.0. The number of hydrogen-bond acceptors (Lipinski definition) is 7. The molecule has 1 unspecified atom stereocenters. The van der Waals surface area contributed by atoms with Crippen molar-refractivity contribution in [3.05, 3.63) is 112 Å². The Balaban J connectivity index is 1.06. The second-order valence-corrected chi connectivity index (χ2v) is 13.3. The van der Waals surface area contributed by atoms with Crippen molar-refractivity contribution in [1.82, 2.24) is 24.3 Å². The number of aliphatic hydroxyl groups is 1. The first kappa shape index (κ1) is 32.7. The van der Waals surface area contributed by atoms with Crippen LogP contribution in [0.5, 0.6) is 0 Å². The number of rotatable bonds is 11. The van der Waals surface area contributed by atoms with Crippen molar-refractivity contribution >= 4 is 22.6 Å². The molecule has 2 aliphatic rings. The number of aromatic nitrogens is 2. The Bertz CT molecular complexity index is 1730. The van der Waals surface area contributed by atoms with E-state index in [1.807, 2.05) is 77.7 Å². The zero-order valence-electron chi connectivity index (χ0n) is 27.3. The molecule has 9 nitrogen and oxygen atoms in total. The normalized spacial score (nSPS) is 17.9. The lowest BCUT2D eigenvalue weighted by Gasteiger charge is -2.39. The van der Waals surface area contributed by atoms with Crippen molar-refractivity contribution in [1.29, 1.82) is 0 Å². The van der Waals surface area contributed by atoms with Gasteiger partial charge < -0.3 is 19.8 Å². The van der Waals surface area contributed by atoms with Crippen molar-refractivity contribution in [2.45, 2.75) is 50.2 Å². The number of Topliss-reactive ketones (excluding diaryl/α,β-unsaturated/α-hetero) is 1. The molecule has 246 valence electrons. The lowest BCUT2D eigenvalue weighted by molar-refractivity contribution is -0.137. The van der Waals surface area contributed by atoms with Gasteiger partial charge in [0, 0.05) is 58.7 Å². The predicted octanol–water partition coefficient (Wildman–Crippen LogP) is 3.53. The van der Waals surface area contributed by atoms with E-state index in [2.05, 4.69) is 21.8 Å². The average molecular weight is 636 g/mol. The second-order valence-electron chi connectivity index (χ2n) is 13.3. The van der Waals surface area contributed by atoms with Gasteiger partial charge in [-0.2, -0.15) is 0 Å². The van der Waals surface area contributed by atoms with Crippen molar-refractivity contribution < 1.29 is 14.7 Å². The van der Waals surface area contributed by atoms with Gasteiger partial charge in [-0.25, -0.2) is 4.98 Å². The van der Waals surface area contributed by atoms with E-state index in [9.17, 15) is 19.5 Å². The highest BCUT2D eigenvalue weighted by atomic mass is 16.3. The van der Waals surface area contributed by atoms with Gasteiger partial charge in [0.25, 0.3) is 5.56 Å². The quantitative estimate of drug-likeness (QED) is 0.269. The van der Waals surface area contributed by atoms with E-state index in [-0.39, 0.29) is 29.7 Å². The fourth-order valence-electron chi connectivity index (χ4n) is 6.82. The number of hydrogen-bond donors (Lipinski definition) is 1. The Kier molecular flexibility index (Phi) is 10.3. The molecule has 2 saturated heterocycles. The average Bonchev–Trinajstić information content (AvgIpc) is 3.09. The molecule has 1 aromatic heterocycles. The third-order valence-electron chi connectivity index (χ3n) is 9.85. The molecule has 4 aromatic rings. The molecule has 0 bridgehead atoms. The maximum atomic E-state index is 13.8. The zero-order chi connectivity index (χ0) is 32.8. The summed E-state index contributed by atoms with van der Waals surface area (Å²) < 4.78 is 1.48. The van der Waals surface area contributed by atoms with Crippen LogP contribution in [-0.2, 0) is 29.0 Å². The van der Waals surface area contributed by atoms with Gasteiger partial charge in [-0.1, -0.05) is 66.7 Å². The van der Waals surface area contributed by atoms with E-state index < -0.39 is 5.60 Å². The van der Waals surface area contributed by atoms with E-state index in [0.29, 0.717) is 56.1 Å². The highest BCUT2D eigenvalue weighted by molar-refractivity contribution is 5.85. The Morgan fingerprint density at radius 2 is 1.55 bits per heavy atom. The molecule has 3 heterocycles. The molecule has 9 heteroatoms. The van der Waals surface area contributed by atoms with Gasteiger partial charge in [0.05, 0.1) is 35.3 Å². The van der Waals surface area contributed by atoms with Gasteiger partial charge >= 0.3 is 0 Å². The maximum absolute atomic E-state index is 13.8. The lowest BCUT2D eigenvalue weighted by Crippen LogP contribution is -2.50. The third kappa shape index (κ3) is 8.22. The van der Waals surface area contributed by atoms with Gasteiger partial charge in [-0.3, -0.25) is 19.0 Å². The SMILES string of the molecule is CN1CCN(CCC(=O)Cc2ccc3c(=O)n(CC4(O)CCN(C(=O)C(Cc5ccccc5)c5ccccc5)CC4)cnc3c2)CC1. The predicted molar refractivity (Wildman–Crippen MR) is 183 cm³/mol. The van der Waals surface area contributed by atoms with Crippen LogP contribution in [0.15, 0.2) is 90.0 Å². The smallest absolute Gasteiger partial charge is 0.261 e. The fourth-order valence-corrected chi connectivity index (χ4v) is 6.82. The Morgan fingerprint density at radius 3 is 2.26 bits per heavy atom. The van der Waals surface area contributed by atoms with Crippen molar-refractivity contribution in [3.63, 3.8) is 0 Å². The number of nitrogens with zero attached hydrogens (tertiary/aromatic N) is 5. The minimum absolute atomic E-state index is 0.0558. The molecule has 2 aliphatic heterocycles. The summed E-state index contributed by atoms with van der Waals surface area (Å²) in [5, 5.41) is 12.0. The van der Waals surface area contributed by atoms with Crippen LogP contribution in [0.3, 0.4) is 0 Å². The topological polar surface area (TPSA) is 99.0 Å². The molecule has 3 aromatic carbocycles. The second kappa shape index (κ2) is 14.7. The van der Waals surface area contributed by atoms with E-state index in [4.69, 9.17) is 0 Å². The Hall–Kier alpha value is -4.18. The van der Waals surface area contributed by atoms with Gasteiger partial charge in [0.2, 0.25) is 5.91 Å². The highest BCUT2D eigenvalue weighted by Crippen LogP contribution is 2.29. The van der Waals surface area contributed by atoms with E-state index in [0.717, 1.165) is 49.4 Å². The molecule has 6 rings (SSSR count). The number of benzene rings is 3. The molecule has 47 heavy (non-hydrogen) atoms. The largest absolute Gasteiger partial charge is 0.388 e. The molecule has 1 N–H and O–H groups in total. The number of carbonyl (C=O) groups is 2. The first-order valence-electron chi connectivity index (χ1n) is 16.8. The van der Waals surface area contributed by atoms with Crippen LogP contribution in [0.25, 0.3) is 10.9 Å². The summed E-state index contributed by atoms with van der Waals surface area (Å²) >= 11 is 0. The van der Waals surface area contributed by atoms with E-state index in [1.54, 1.807) is 6.07 Å². The molecule has 0 radical (unpaired) electrons. The number of likely N-dealkylation sites (tertiary alicyclic amines) is 1. The summed E-state index contributed by atoms with van der Waals surface area (Å²) in [6.45, 7) is 5.75. The number of piperidine rings is 1. The first-order valence-corrected chi connectivity index (χ1v) is 16.8. The number of likely N-dealkylation sites (N-methyl/N-ethyl adjacent to an activating group) is 1. The van der Waals surface area contributed by atoms with Gasteiger partial charge in [0.1, 0.15) is 5.78 Å².